The minimum absolute atomic E-state index is 0. The van der Waals surface area contributed by atoms with E-state index in [1.165, 1.54) is 0 Å². The predicted octanol–water partition coefficient (Wildman–Crippen LogP) is -4.05. The Hall–Kier alpha value is 5.97. The molecule has 0 aromatic rings. The summed E-state index contributed by atoms with van der Waals surface area (Å²) in [4.78, 5) is 0. The Labute approximate surface area is 182 Å². The first-order valence-electron chi connectivity index (χ1n) is 0. The summed E-state index contributed by atoms with van der Waals surface area (Å²) in [5.74, 6) is 0. The van der Waals surface area contributed by atoms with Crippen molar-refractivity contribution in [3.05, 3.63) is 0 Å². The molecule has 0 aliphatic carbocycles. The average Bonchev–Trinajstić information content (AvgIpc) is 0. The molecule has 0 heterocycles. The SMILES string of the molecule is [BaH2].[Cu+2].[InH3].[O-2].[PbH2].[SnH2].[Th]. The van der Waals surface area contributed by atoms with Gasteiger partial charge < -0.3 is 5.48 Å². The van der Waals surface area contributed by atoms with E-state index in [4.69, 9.17) is 0 Å². The second kappa shape index (κ2) is 40.4. The van der Waals surface area contributed by atoms with Gasteiger partial charge in [-0.2, -0.15) is 0 Å². The van der Waals surface area contributed by atoms with Crippen molar-refractivity contribution in [3.8, 4) is 0 Å². The maximum Gasteiger partial charge on any atom is 0 e. The zero-order valence-corrected chi connectivity index (χ0v) is 17.2. The van der Waals surface area contributed by atoms with Gasteiger partial charge in [-0.25, -0.2) is 0 Å². The van der Waals surface area contributed by atoms with Crippen molar-refractivity contribution in [2.75, 3.05) is 0 Å². The molecule has 0 saturated heterocycles. The standard InChI is InChI=1S/Ba.Cu.In.O.Pb.Sn.Th.9H/q;+2;;-2;;;;;;;;;;;;. The van der Waals surface area contributed by atoms with Crippen LogP contribution in [0, 0.1) is 39.9 Å². The fourth-order valence-corrected chi connectivity index (χ4v) is 0. The summed E-state index contributed by atoms with van der Waals surface area (Å²) in [6.45, 7) is 0. The Morgan fingerprint density at radius 1 is 1.00 bits per heavy atom. The van der Waals surface area contributed by atoms with Gasteiger partial charge in [0.25, 0.3) is 0 Å². The summed E-state index contributed by atoms with van der Waals surface area (Å²) < 4.78 is 0. The fraction of sp³-hybridized carbons (Fsp3) is 0. The second-order valence-corrected chi connectivity index (χ2v) is 0. The normalized spacial score (nSPS) is 0. The zero-order chi connectivity index (χ0) is 0. The van der Waals surface area contributed by atoms with Crippen molar-refractivity contribution in [2.24, 2.45) is 0 Å². The van der Waals surface area contributed by atoms with Gasteiger partial charge in [-0.15, -0.1) is 0 Å². The maximum atomic E-state index is 0. The molecule has 1 nitrogen and oxygen atoms in total. The second-order valence-electron chi connectivity index (χ2n) is 0. The molecule has 0 fully saturated rings. The summed E-state index contributed by atoms with van der Waals surface area (Å²) in [6, 6.07) is 0. The van der Waals surface area contributed by atoms with Crippen LogP contribution in [0.1, 0.15) is 0 Å². The molecule has 0 rings (SSSR count). The van der Waals surface area contributed by atoms with E-state index >= 15 is 0 Å². The van der Waals surface area contributed by atoms with Gasteiger partial charge in [0.05, 0.1) is 0 Å². The third kappa shape index (κ3) is 33.4. The third-order valence-corrected chi connectivity index (χ3v) is 0. The molecule has 0 N–H and O–H groups in total. The van der Waals surface area contributed by atoms with Crippen LogP contribution in [0.3, 0.4) is 0 Å². The summed E-state index contributed by atoms with van der Waals surface area (Å²) in [7, 11) is 0. The Morgan fingerprint density at radius 3 is 1.00 bits per heavy atom. The molecule has 0 aromatic carbocycles. The predicted molar refractivity (Wildman–Crippen MR) is 36.3 cm³/mol. The molecule has 7 heavy (non-hydrogen) atoms. The first kappa shape index (κ1) is 52.2. The summed E-state index contributed by atoms with van der Waals surface area (Å²) in [6.07, 6.45) is 0. The quantitative estimate of drug-likeness (QED) is 0.222. The van der Waals surface area contributed by atoms with Crippen LogP contribution in [0.4, 0.5) is 0 Å². The van der Waals surface area contributed by atoms with E-state index in [1.807, 2.05) is 0 Å². The minimum atomic E-state index is 0. The van der Waals surface area contributed by atoms with Gasteiger partial charge in [0.1, 0.15) is 0 Å². The van der Waals surface area contributed by atoms with E-state index in [-0.39, 0.29) is 188 Å². The van der Waals surface area contributed by atoms with E-state index < -0.39 is 0 Å². The minimum Gasteiger partial charge on any atom is 0 e. The summed E-state index contributed by atoms with van der Waals surface area (Å²) in [5, 5.41) is 0. The molecule has 0 saturated carbocycles. The van der Waals surface area contributed by atoms with Gasteiger partial charge >= 0.3 is 143 Å². The first-order chi connectivity index (χ1) is 0. The molecule has 0 aliphatic rings. The van der Waals surface area contributed by atoms with Gasteiger partial charge in [-0.3, -0.25) is 0 Å². The smallest absolute Gasteiger partial charge is 0 e. The Balaban J connectivity index is 0. The maximum absolute atomic E-state index is 0. The summed E-state index contributed by atoms with van der Waals surface area (Å²) >= 11 is 0. The van der Waals surface area contributed by atoms with Crippen molar-refractivity contribution in [3.63, 3.8) is 0 Å². The van der Waals surface area contributed by atoms with Gasteiger partial charge in [0, 0.05) is 39.9 Å². The monoisotopic (exact) mass is 901 g/mol. The molecule has 0 aromatic heterocycles. The molecular formula is H9BaCuInOPbSnTh. The number of hydrogen-bond donors (Lipinski definition) is 0. The van der Waals surface area contributed by atoms with Crippen molar-refractivity contribution >= 4 is 126 Å². The first-order valence-corrected chi connectivity index (χ1v) is 0. The largest absolute Gasteiger partial charge is 0 e. The van der Waals surface area contributed by atoms with E-state index in [1.54, 1.807) is 0 Å². The zero-order valence-electron chi connectivity index (χ0n) is 2.62. The molecule has 5 radical (unpaired) electrons. The van der Waals surface area contributed by atoms with E-state index in [0.29, 0.717) is 0 Å². The van der Waals surface area contributed by atoms with E-state index in [2.05, 4.69) is 0 Å². The Bertz CT molecular complexity index is 19.7. The molecular weight excluding hydrogens is 890 g/mol. The van der Waals surface area contributed by atoms with E-state index in [9.17, 15) is 0 Å². The van der Waals surface area contributed by atoms with Gasteiger partial charge in [0.2, 0.25) is 0 Å². The van der Waals surface area contributed by atoms with Crippen LogP contribution in [0.5, 0.6) is 0 Å². The number of hydrogen-bond acceptors (Lipinski definition) is 0. The molecule has 0 spiro atoms. The molecule has 43 valence electrons. The van der Waals surface area contributed by atoms with Crippen LogP contribution < -0.4 is 0 Å². The Morgan fingerprint density at radius 2 is 1.00 bits per heavy atom. The third-order valence-electron chi connectivity index (χ3n) is 0. The van der Waals surface area contributed by atoms with Crippen molar-refractivity contribution in [2.45, 2.75) is 0 Å². The van der Waals surface area contributed by atoms with Crippen LogP contribution >= 0.6 is 0 Å². The van der Waals surface area contributed by atoms with Crippen LogP contribution in [0.2, 0.25) is 0 Å². The molecule has 0 aliphatic heterocycles. The Kier molecular flexibility index (Phi) is 301. The van der Waals surface area contributed by atoms with Gasteiger partial charge in [-0.05, 0) is 0 Å². The molecule has 7 heteroatoms. The molecule has 0 bridgehead atoms. The van der Waals surface area contributed by atoms with E-state index in [0.717, 1.165) is 0 Å². The van der Waals surface area contributed by atoms with Crippen molar-refractivity contribution in [1.29, 1.82) is 0 Å². The molecule has 0 amide bonds. The van der Waals surface area contributed by atoms with Crippen molar-refractivity contribution < 1.29 is 62.5 Å². The van der Waals surface area contributed by atoms with Gasteiger partial charge in [-0.1, -0.05) is 0 Å². The van der Waals surface area contributed by atoms with Crippen LogP contribution in [-0.4, -0.2) is 126 Å². The molecule has 0 unspecified atom stereocenters. The fourth-order valence-electron chi connectivity index (χ4n) is 0. The topological polar surface area (TPSA) is 28.5 Å². The van der Waals surface area contributed by atoms with Crippen LogP contribution in [0.25, 0.3) is 0 Å². The van der Waals surface area contributed by atoms with Gasteiger partial charge in [0.15, 0.2) is 0 Å². The van der Waals surface area contributed by atoms with Crippen molar-refractivity contribution in [1.82, 2.24) is 0 Å². The summed E-state index contributed by atoms with van der Waals surface area (Å²) in [5.41, 5.74) is 0. The van der Waals surface area contributed by atoms with Crippen LogP contribution in [0.15, 0.2) is 0 Å². The number of rotatable bonds is 0. The molecule has 0 atom stereocenters. The average molecular weight is 899 g/mol. The van der Waals surface area contributed by atoms with Crippen LogP contribution in [-0.2, 0) is 22.5 Å².